The van der Waals surface area contributed by atoms with E-state index >= 15 is 0 Å². The Morgan fingerprint density at radius 3 is 2.76 bits per heavy atom. The largest absolute Gasteiger partial charge is 0.359 e. The third-order valence-corrected chi connectivity index (χ3v) is 4.36. The smallest absolute Gasteiger partial charge is 0.233 e. The highest BCUT2D eigenvalue weighted by Crippen LogP contribution is 2.19. The molecular formula is C15H17ClN2O2S. The van der Waals surface area contributed by atoms with Gasteiger partial charge in [-0.2, -0.15) is 0 Å². The van der Waals surface area contributed by atoms with Gasteiger partial charge in [0.25, 0.3) is 0 Å². The summed E-state index contributed by atoms with van der Waals surface area (Å²) >= 11 is 7.42. The van der Waals surface area contributed by atoms with E-state index in [1.807, 2.05) is 44.2 Å². The van der Waals surface area contributed by atoms with Crippen LogP contribution in [0.3, 0.4) is 0 Å². The first kappa shape index (κ1) is 15.9. The van der Waals surface area contributed by atoms with Gasteiger partial charge in [-0.05, 0) is 31.5 Å². The third kappa shape index (κ3) is 5.10. The highest BCUT2D eigenvalue weighted by Gasteiger charge is 2.14. The van der Waals surface area contributed by atoms with E-state index < -0.39 is 0 Å². The summed E-state index contributed by atoms with van der Waals surface area (Å²) in [5.74, 6) is 1.42. The molecule has 0 aliphatic heterocycles. The van der Waals surface area contributed by atoms with Gasteiger partial charge in [-0.1, -0.05) is 28.9 Å². The Labute approximate surface area is 133 Å². The number of aromatic nitrogens is 1. The molecule has 1 amide bonds. The van der Waals surface area contributed by atoms with E-state index in [0.29, 0.717) is 12.3 Å². The predicted octanol–water partition coefficient (Wildman–Crippen LogP) is 3.57. The molecule has 0 aliphatic carbocycles. The monoisotopic (exact) mass is 324 g/mol. The molecule has 0 saturated carbocycles. The van der Waals surface area contributed by atoms with Crippen LogP contribution in [0, 0.1) is 6.92 Å². The Morgan fingerprint density at radius 2 is 2.14 bits per heavy atom. The van der Waals surface area contributed by atoms with E-state index in [-0.39, 0.29) is 11.2 Å². The number of carbonyl (C=O) groups excluding carboxylic acids is 1. The van der Waals surface area contributed by atoms with Crippen molar-refractivity contribution in [2.45, 2.75) is 31.4 Å². The van der Waals surface area contributed by atoms with Gasteiger partial charge in [0, 0.05) is 16.8 Å². The van der Waals surface area contributed by atoms with Crippen molar-refractivity contribution >= 4 is 29.3 Å². The van der Waals surface area contributed by atoms with E-state index in [0.717, 1.165) is 22.0 Å². The van der Waals surface area contributed by atoms with Gasteiger partial charge in [-0.25, -0.2) is 0 Å². The first-order chi connectivity index (χ1) is 10.0. The number of hydrogen-bond donors (Lipinski definition) is 1. The second kappa shape index (κ2) is 7.52. The summed E-state index contributed by atoms with van der Waals surface area (Å²) in [6.45, 7) is 4.10. The van der Waals surface area contributed by atoms with Crippen molar-refractivity contribution in [3.8, 4) is 0 Å². The molecule has 1 heterocycles. The zero-order valence-corrected chi connectivity index (χ0v) is 13.5. The standard InChI is InChI=1S/C15H17ClN2O2S/c1-10-7-14(20-18-10)8-17-15(19)11(2)21-9-12-3-5-13(16)6-4-12/h3-7,11H,8-9H2,1-2H3,(H,17,19)/t11-/m1/s1. The Hall–Kier alpha value is -1.46. The number of nitrogens with zero attached hydrogens (tertiary/aromatic N) is 1. The van der Waals surface area contributed by atoms with Crippen molar-refractivity contribution in [3.63, 3.8) is 0 Å². The maximum Gasteiger partial charge on any atom is 0.233 e. The third-order valence-electron chi connectivity index (χ3n) is 2.90. The van der Waals surface area contributed by atoms with Gasteiger partial charge in [0.2, 0.25) is 5.91 Å². The van der Waals surface area contributed by atoms with Crippen LogP contribution in [0.2, 0.25) is 5.02 Å². The Morgan fingerprint density at radius 1 is 1.43 bits per heavy atom. The van der Waals surface area contributed by atoms with Crippen LogP contribution in [0.5, 0.6) is 0 Å². The molecule has 0 radical (unpaired) electrons. The van der Waals surface area contributed by atoms with Crippen molar-refractivity contribution in [1.82, 2.24) is 10.5 Å². The number of nitrogens with one attached hydrogen (secondary N) is 1. The maximum absolute atomic E-state index is 12.0. The van der Waals surface area contributed by atoms with Gasteiger partial charge in [0.15, 0.2) is 5.76 Å². The zero-order valence-electron chi connectivity index (χ0n) is 11.9. The number of aryl methyl sites for hydroxylation is 1. The molecule has 21 heavy (non-hydrogen) atoms. The Balaban J connectivity index is 1.75. The van der Waals surface area contributed by atoms with Crippen molar-refractivity contribution < 1.29 is 9.32 Å². The van der Waals surface area contributed by atoms with Crippen molar-refractivity contribution in [3.05, 3.63) is 52.4 Å². The molecule has 112 valence electrons. The Kier molecular flexibility index (Phi) is 5.70. The molecule has 0 aliphatic rings. The highest BCUT2D eigenvalue weighted by molar-refractivity contribution is 7.99. The molecule has 1 aromatic heterocycles. The summed E-state index contributed by atoms with van der Waals surface area (Å²) in [6, 6.07) is 9.46. The van der Waals surface area contributed by atoms with Crippen LogP contribution in [0.15, 0.2) is 34.9 Å². The lowest BCUT2D eigenvalue weighted by Crippen LogP contribution is -2.30. The molecule has 0 bridgehead atoms. The molecular weight excluding hydrogens is 308 g/mol. The fourth-order valence-electron chi connectivity index (χ4n) is 1.70. The molecule has 0 unspecified atom stereocenters. The quantitative estimate of drug-likeness (QED) is 0.882. The van der Waals surface area contributed by atoms with E-state index in [2.05, 4.69) is 10.5 Å². The van der Waals surface area contributed by atoms with Crippen molar-refractivity contribution in [2.24, 2.45) is 0 Å². The summed E-state index contributed by atoms with van der Waals surface area (Å²) in [4.78, 5) is 12.0. The van der Waals surface area contributed by atoms with E-state index in [9.17, 15) is 4.79 Å². The average molecular weight is 325 g/mol. The molecule has 1 atom stereocenters. The topological polar surface area (TPSA) is 55.1 Å². The fourth-order valence-corrected chi connectivity index (χ4v) is 2.69. The number of benzene rings is 1. The van der Waals surface area contributed by atoms with Crippen molar-refractivity contribution in [1.29, 1.82) is 0 Å². The van der Waals surface area contributed by atoms with E-state index in [1.54, 1.807) is 11.8 Å². The molecule has 4 nitrogen and oxygen atoms in total. The van der Waals surface area contributed by atoms with Gasteiger partial charge in [-0.15, -0.1) is 11.8 Å². The first-order valence-corrected chi connectivity index (χ1v) is 8.03. The summed E-state index contributed by atoms with van der Waals surface area (Å²) in [5, 5.41) is 7.21. The van der Waals surface area contributed by atoms with Crippen molar-refractivity contribution in [2.75, 3.05) is 0 Å². The second-order valence-electron chi connectivity index (χ2n) is 4.73. The van der Waals surface area contributed by atoms with Gasteiger partial charge in [0.05, 0.1) is 17.5 Å². The molecule has 0 spiro atoms. The number of hydrogen-bond acceptors (Lipinski definition) is 4. The average Bonchev–Trinajstić information content (AvgIpc) is 2.89. The lowest BCUT2D eigenvalue weighted by molar-refractivity contribution is -0.120. The van der Waals surface area contributed by atoms with Gasteiger partial charge >= 0.3 is 0 Å². The number of rotatable bonds is 6. The number of carbonyl (C=O) groups is 1. The Bertz CT molecular complexity index is 598. The minimum atomic E-state index is -0.135. The van der Waals surface area contributed by atoms with Crippen LogP contribution in [0.25, 0.3) is 0 Å². The molecule has 0 saturated heterocycles. The highest BCUT2D eigenvalue weighted by atomic mass is 35.5. The summed E-state index contributed by atoms with van der Waals surface area (Å²) < 4.78 is 5.05. The molecule has 2 rings (SSSR count). The molecule has 0 fully saturated rings. The van der Waals surface area contributed by atoms with Crippen LogP contribution in [-0.2, 0) is 17.1 Å². The predicted molar refractivity (Wildman–Crippen MR) is 85.3 cm³/mol. The SMILES string of the molecule is Cc1cc(CNC(=O)[C@@H](C)SCc2ccc(Cl)cc2)on1. The van der Waals surface area contributed by atoms with Crippen LogP contribution in [-0.4, -0.2) is 16.3 Å². The first-order valence-electron chi connectivity index (χ1n) is 6.60. The fraction of sp³-hybridized carbons (Fsp3) is 0.333. The van der Waals surface area contributed by atoms with Crippen LogP contribution < -0.4 is 5.32 Å². The summed E-state index contributed by atoms with van der Waals surface area (Å²) in [5.41, 5.74) is 1.96. The minimum Gasteiger partial charge on any atom is -0.359 e. The number of halogens is 1. The zero-order chi connectivity index (χ0) is 15.2. The lowest BCUT2D eigenvalue weighted by Gasteiger charge is -2.11. The van der Waals surface area contributed by atoms with Crippen LogP contribution in [0.4, 0.5) is 0 Å². The molecule has 1 aromatic carbocycles. The minimum absolute atomic E-state index is 0.0111. The molecule has 6 heteroatoms. The summed E-state index contributed by atoms with van der Waals surface area (Å²) in [6.07, 6.45) is 0. The van der Waals surface area contributed by atoms with Gasteiger partial charge < -0.3 is 9.84 Å². The van der Waals surface area contributed by atoms with Gasteiger partial charge in [0.1, 0.15) is 0 Å². The molecule has 2 aromatic rings. The number of thioether (sulfide) groups is 1. The van der Waals surface area contributed by atoms with Crippen LogP contribution >= 0.6 is 23.4 Å². The van der Waals surface area contributed by atoms with Gasteiger partial charge in [-0.3, -0.25) is 4.79 Å². The van der Waals surface area contributed by atoms with Crippen LogP contribution in [0.1, 0.15) is 23.9 Å². The van der Waals surface area contributed by atoms with E-state index in [4.69, 9.17) is 16.1 Å². The second-order valence-corrected chi connectivity index (χ2v) is 6.50. The summed E-state index contributed by atoms with van der Waals surface area (Å²) in [7, 11) is 0. The normalized spacial score (nSPS) is 12.1. The molecule has 1 N–H and O–H groups in total. The number of amides is 1. The maximum atomic E-state index is 12.0. The lowest BCUT2D eigenvalue weighted by atomic mass is 10.2. The van der Waals surface area contributed by atoms with E-state index in [1.165, 1.54) is 0 Å².